The van der Waals surface area contributed by atoms with E-state index < -0.39 is 0 Å². The second kappa shape index (κ2) is 9.96. The van der Waals surface area contributed by atoms with Gasteiger partial charge in [0.05, 0.1) is 6.10 Å². The highest BCUT2D eigenvalue weighted by atomic mass is 79.9. The number of rotatable bonds is 7. The largest absolute Gasteiger partial charge is 0.387 e. The summed E-state index contributed by atoms with van der Waals surface area (Å²) in [6, 6.07) is 7.90. The van der Waals surface area contributed by atoms with Crippen molar-refractivity contribution in [2.24, 2.45) is 0 Å². The third-order valence-electron chi connectivity index (χ3n) is 2.77. The number of halogens is 2. The zero-order valence-electron chi connectivity index (χ0n) is 11.1. The van der Waals surface area contributed by atoms with Gasteiger partial charge in [0.25, 0.3) is 0 Å². The Morgan fingerprint density at radius 1 is 1.11 bits per heavy atom. The normalized spacial score (nSPS) is 12.3. The average Bonchev–Trinajstić information content (AvgIpc) is 2.30. The lowest BCUT2D eigenvalue weighted by atomic mass is 10.1. The van der Waals surface area contributed by atoms with Crippen LogP contribution in [0.4, 0.5) is 0 Å². The van der Waals surface area contributed by atoms with Crippen LogP contribution in [0.5, 0.6) is 0 Å². The van der Waals surface area contributed by atoms with E-state index >= 15 is 0 Å². The molecule has 0 radical (unpaired) electrons. The Morgan fingerprint density at radius 2 is 1.61 bits per heavy atom. The fourth-order valence-electron chi connectivity index (χ4n) is 1.96. The van der Waals surface area contributed by atoms with Crippen LogP contribution in [0.3, 0.4) is 0 Å². The van der Waals surface area contributed by atoms with E-state index in [-0.39, 0.29) is 23.1 Å². The first-order valence-corrected chi connectivity index (χ1v) is 7.12. The summed E-state index contributed by atoms with van der Waals surface area (Å²) in [4.78, 5) is 2.33. The Kier molecular flexibility index (Phi) is 10.0. The first-order chi connectivity index (χ1) is 8.17. The molecule has 1 aromatic rings. The van der Waals surface area contributed by atoms with E-state index in [0.29, 0.717) is 0 Å². The molecule has 1 unspecified atom stereocenters. The molecule has 4 heteroatoms. The Labute approximate surface area is 129 Å². The molecule has 2 nitrogen and oxygen atoms in total. The maximum absolute atomic E-state index is 10.2. The fraction of sp³-hybridized carbons (Fsp3) is 0.571. The number of hydrogen-bond donors (Lipinski definition) is 1. The SMILES string of the molecule is Br.CCCN(CCC)CC(O)c1ccc(Br)cc1. The van der Waals surface area contributed by atoms with Gasteiger partial charge in [-0.25, -0.2) is 0 Å². The summed E-state index contributed by atoms with van der Waals surface area (Å²) in [7, 11) is 0. The molecular formula is C14H23Br2NO. The molecule has 1 atom stereocenters. The molecule has 0 spiro atoms. The molecule has 0 bridgehead atoms. The minimum atomic E-state index is -0.388. The van der Waals surface area contributed by atoms with Crippen LogP contribution in [-0.4, -0.2) is 29.6 Å². The standard InChI is InChI=1S/C14H22BrNO.BrH/c1-3-9-16(10-4-2)11-14(17)12-5-7-13(15)8-6-12;/h5-8,14,17H,3-4,9-11H2,1-2H3;1H. The van der Waals surface area contributed by atoms with E-state index in [9.17, 15) is 5.11 Å². The summed E-state index contributed by atoms with van der Waals surface area (Å²) in [5.41, 5.74) is 0.991. The predicted molar refractivity (Wildman–Crippen MR) is 86.4 cm³/mol. The van der Waals surface area contributed by atoms with Gasteiger partial charge in [-0.3, -0.25) is 0 Å². The van der Waals surface area contributed by atoms with Crippen molar-refractivity contribution in [1.82, 2.24) is 4.90 Å². The van der Waals surface area contributed by atoms with E-state index in [4.69, 9.17) is 0 Å². The molecular weight excluding hydrogens is 358 g/mol. The second-order valence-electron chi connectivity index (χ2n) is 4.37. The maximum atomic E-state index is 10.2. The number of benzene rings is 1. The second-order valence-corrected chi connectivity index (χ2v) is 5.28. The van der Waals surface area contributed by atoms with Gasteiger partial charge in [0.1, 0.15) is 0 Å². The summed E-state index contributed by atoms with van der Waals surface area (Å²) in [5, 5.41) is 10.2. The lowest BCUT2D eigenvalue weighted by Crippen LogP contribution is -2.30. The molecule has 0 heterocycles. The number of aliphatic hydroxyl groups excluding tert-OH is 1. The van der Waals surface area contributed by atoms with Crippen LogP contribution < -0.4 is 0 Å². The van der Waals surface area contributed by atoms with E-state index in [1.165, 1.54) is 0 Å². The third-order valence-corrected chi connectivity index (χ3v) is 3.29. The molecule has 0 amide bonds. The number of nitrogens with zero attached hydrogens (tertiary/aromatic N) is 1. The summed E-state index contributed by atoms with van der Waals surface area (Å²) < 4.78 is 1.05. The van der Waals surface area contributed by atoms with Gasteiger partial charge in [0, 0.05) is 11.0 Å². The Balaban J connectivity index is 0.00000289. The van der Waals surface area contributed by atoms with Crippen LogP contribution in [0, 0.1) is 0 Å². The molecule has 104 valence electrons. The zero-order chi connectivity index (χ0) is 12.7. The smallest absolute Gasteiger partial charge is 0.0916 e. The zero-order valence-corrected chi connectivity index (χ0v) is 14.4. The highest BCUT2D eigenvalue weighted by Gasteiger charge is 2.12. The summed E-state index contributed by atoms with van der Waals surface area (Å²) >= 11 is 3.40. The summed E-state index contributed by atoms with van der Waals surface area (Å²) in [6.07, 6.45) is 1.88. The van der Waals surface area contributed by atoms with Crippen LogP contribution in [0.25, 0.3) is 0 Å². The van der Waals surface area contributed by atoms with Crippen molar-refractivity contribution in [3.63, 3.8) is 0 Å². The van der Waals surface area contributed by atoms with E-state index in [0.717, 1.165) is 42.5 Å². The van der Waals surface area contributed by atoms with Gasteiger partial charge < -0.3 is 10.0 Å². The molecule has 1 rings (SSSR count). The molecule has 0 aliphatic rings. The van der Waals surface area contributed by atoms with Crippen molar-refractivity contribution in [2.75, 3.05) is 19.6 Å². The highest BCUT2D eigenvalue weighted by Crippen LogP contribution is 2.18. The molecule has 18 heavy (non-hydrogen) atoms. The van der Waals surface area contributed by atoms with Crippen molar-refractivity contribution in [1.29, 1.82) is 0 Å². The number of hydrogen-bond acceptors (Lipinski definition) is 2. The summed E-state index contributed by atoms with van der Waals surface area (Å²) in [5.74, 6) is 0. The van der Waals surface area contributed by atoms with Crippen molar-refractivity contribution in [3.05, 3.63) is 34.3 Å². The molecule has 0 fully saturated rings. The van der Waals surface area contributed by atoms with Gasteiger partial charge in [-0.2, -0.15) is 0 Å². The molecule has 1 aromatic carbocycles. The molecule has 0 aliphatic carbocycles. The van der Waals surface area contributed by atoms with E-state index in [1.54, 1.807) is 0 Å². The van der Waals surface area contributed by atoms with Gasteiger partial charge in [-0.05, 0) is 43.6 Å². The first-order valence-electron chi connectivity index (χ1n) is 6.33. The molecule has 0 saturated heterocycles. The Hall–Kier alpha value is 0.100. The van der Waals surface area contributed by atoms with E-state index in [2.05, 4.69) is 34.7 Å². The van der Waals surface area contributed by atoms with Crippen molar-refractivity contribution in [2.45, 2.75) is 32.8 Å². The van der Waals surface area contributed by atoms with Crippen LogP contribution >= 0.6 is 32.9 Å². The van der Waals surface area contributed by atoms with Crippen LogP contribution in [0.15, 0.2) is 28.7 Å². The maximum Gasteiger partial charge on any atom is 0.0916 e. The quantitative estimate of drug-likeness (QED) is 0.766. The lowest BCUT2D eigenvalue weighted by molar-refractivity contribution is 0.113. The molecule has 0 aliphatic heterocycles. The van der Waals surface area contributed by atoms with Gasteiger partial charge in [-0.15, -0.1) is 17.0 Å². The predicted octanol–water partition coefficient (Wildman–Crippen LogP) is 4.18. The van der Waals surface area contributed by atoms with Gasteiger partial charge in [0.2, 0.25) is 0 Å². The van der Waals surface area contributed by atoms with Gasteiger partial charge in [-0.1, -0.05) is 41.9 Å². The Bertz CT molecular complexity index is 310. The molecule has 0 aromatic heterocycles. The van der Waals surface area contributed by atoms with Crippen LogP contribution in [0.1, 0.15) is 38.4 Å². The monoisotopic (exact) mass is 379 g/mol. The highest BCUT2D eigenvalue weighted by molar-refractivity contribution is 9.10. The Morgan fingerprint density at radius 3 is 2.06 bits per heavy atom. The van der Waals surface area contributed by atoms with Crippen molar-refractivity contribution >= 4 is 32.9 Å². The molecule has 0 saturated carbocycles. The van der Waals surface area contributed by atoms with Gasteiger partial charge >= 0.3 is 0 Å². The fourth-order valence-corrected chi connectivity index (χ4v) is 2.23. The molecule has 1 N–H and O–H groups in total. The lowest BCUT2D eigenvalue weighted by Gasteiger charge is -2.24. The topological polar surface area (TPSA) is 23.5 Å². The first kappa shape index (κ1) is 18.1. The minimum absolute atomic E-state index is 0. The van der Waals surface area contributed by atoms with Gasteiger partial charge in [0.15, 0.2) is 0 Å². The van der Waals surface area contributed by atoms with E-state index in [1.807, 2.05) is 24.3 Å². The minimum Gasteiger partial charge on any atom is -0.387 e. The van der Waals surface area contributed by atoms with Crippen molar-refractivity contribution in [3.8, 4) is 0 Å². The average molecular weight is 381 g/mol. The van der Waals surface area contributed by atoms with Crippen LogP contribution in [-0.2, 0) is 0 Å². The van der Waals surface area contributed by atoms with Crippen LogP contribution in [0.2, 0.25) is 0 Å². The third kappa shape index (κ3) is 6.32. The number of aliphatic hydroxyl groups is 1. The van der Waals surface area contributed by atoms with Crippen molar-refractivity contribution < 1.29 is 5.11 Å². The summed E-state index contributed by atoms with van der Waals surface area (Å²) in [6.45, 7) is 7.19.